The van der Waals surface area contributed by atoms with Crippen molar-refractivity contribution in [3.63, 3.8) is 0 Å². The monoisotopic (exact) mass is 277 g/mol. The number of rotatable bonds is 6. The van der Waals surface area contributed by atoms with Crippen LogP contribution in [-0.4, -0.2) is 26.2 Å². The summed E-state index contributed by atoms with van der Waals surface area (Å²) in [5, 5.41) is 0. The quantitative estimate of drug-likeness (QED) is 0.810. The lowest BCUT2D eigenvalue weighted by Gasteiger charge is -2.27. The van der Waals surface area contributed by atoms with Gasteiger partial charge in [0.2, 0.25) is 0 Å². The van der Waals surface area contributed by atoms with E-state index in [-0.39, 0.29) is 17.8 Å². The van der Waals surface area contributed by atoms with Gasteiger partial charge in [0.1, 0.15) is 5.75 Å². The molecule has 0 aliphatic heterocycles. The SMILES string of the molecule is COC(=O)Cc1ccccc1OCC1(CN)CCCC1. The van der Waals surface area contributed by atoms with Crippen LogP contribution in [0.1, 0.15) is 31.2 Å². The molecule has 4 heteroatoms. The summed E-state index contributed by atoms with van der Waals surface area (Å²) in [5.41, 5.74) is 6.89. The minimum atomic E-state index is -0.254. The maximum Gasteiger partial charge on any atom is 0.310 e. The van der Waals surface area contributed by atoms with E-state index in [0.717, 1.165) is 24.2 Å². The van der Waals surface area contributed by atoms with Gasteiger partial charge in [-0.3, -0.25) is 4.79 Å². The Hall–Kier alpha value is -1.55. The molecule has 2 N–H and O–H groups in total. The van der Waals surface area contributed by atoms with Crippen LogP contribution in [0.5, 0.6) is 5.75 Å². The van der Waals surface area contributed by atoms with E-state index in [1.807, 2.05) is 24.3 Å². The van der Waals surface area contributed by atoms with Gasteiger partial charge in [0.05, 0.1) is 20.1 Å². The largest absolute Gasteiger partial charge is 0.493 e. The maximum absolute atomic E-state index is 11.4. The van der Waals surface area contributed by atoms with Gasteiger partial charge in [0.25, 0.3) is 0 Å². The third-order valence-electron chi connectivity index (χ3n) is 4.17. The molecule has 0 atom stereocenters. The van der Waals surface area contributed by atoms with E-state index < -0.39 is 0 Å². The van der Waals surface area contributed by atoms with Gasteiger partial charge in [-0.25, -0.2) is 0 Å². The van der Waals surface area contributed by atoms with Crippen LogP contribution in [-0.2, 0) is 16.0 Å². The molecule has 1 aromatic rings. The van der Waals surface area contributed by atoms with Crippen LogP contribution in [0.15, 0.2) is 24.3 Å². The van der Waals surface area contributed by atoms with Gasteiger partial charge in [-0.1, -0.05) is 31.0 Å². The summed E-state index contributed by atoms with van der Waals surface area (Å²) in [6.45, 7) is 1.29. The molecule has 0 spiro atoms. The lowest BCUT2D eigenvalue weighted by molar-refractivity contribution is -0.139. The van der Waals surface area contributed by atoms with Crippen LogP contribution >= 0.6 is 0 Å². The predicted molar refractivity (Wildman–Crippen MR) is 77.6 cm³/mol. The average Bonchev–Trinajstić information content (AvgIpc) is 2.96. The maximum atomic E-state index is 11.4. The fourth-order valence-corrected chi connectivity index (χ4v) is 2.78. The molecular formula is C16H23NO3. The predicted octanol–water partition coefficient (Wildman–Crippen LogP) is 2.30. The lowest BCUT2D eigenvalue weighted by atomic mass is 9.87. The zero-order valence-corrected chi connectivity index (χ0v) is 12.1. The Kier molecular flexibility index (Phi) is 5.01. The lowest BCUT2D eigenvalue weighted by Crippen LogP contribution is -2.33. The third kappa shape index (κ3) is 3.51. The summed E-state index contributed by atoms with van der Waals surface area (Å²) >= 11 is 0. The molecule has 1 fully saturated rings. The first kappa shape index (κ1) is 14.9. The Labute approximate surface area is 120 Å². The summed E-state index contributed by atoms with van der Waals surface area (Å²) in [6, 6.07) is 7.62. The second-order valence-corrected chi connectivity index (χ2v) is 5.56. The van der Waals surface area contributed by atoms with Gasteiger partial charge in [0, 0.05) is 17.5 Å². The molecule has 0 unspecified atom stereocenters. The molecule has 20 heavy (non-hydrogen) atoms. The molecule has 1 aliphatic carbocycles. The van der Waals surface area contributed by atoms with E-state index in [9.17, 15) is 4.79 Å². The number of nitrogens with two attached hydrogens (primary N) is 1. The summed E-state index contributed by atoms with van der Waals surface area (Å²) in [5.74, 6) is 0.507. The molecule has 0 saturated heterocycles. The minimum absolute atomic E-state index is 0.110. The first-order chi connectivity index (χ1) is 9.69. The van der Waals surface area contributed by atoms with Crippen LogP contribution in [0.3, 0.4) is 0 Å². The number of methoxy groups -OCH3 is 1. The van der Waals surface area contributed by atoms with Gasteiger partial charge in [-0.05, 0) is 18.9 Å². The smallest absolute Gasteiger partial charge is 0.310 e. The molecule has 0 amide bonds. The van der Waals surface area contributed by atoms with Crippen molar-refractivity contribution < 1.29 is 14.3 Å². The van der Waals surface area contributed by atoms with Gasteiger partial charge >= 0.3 is 5.97 Å². The van der Waals surface area contributed by atoms with E-state index in [1.54, 1.807) is 0 Å². The van der Waals surface area contributed by atoms with E-state index >= 15 is 0 Å². The second kappa shape index (κ2) is 6.75. The van der Waals surface area contributed by atoms with E-state index in [4.69, 9.17) is 15.2 Å². The number of carbonyl (C=O) groups excluding carboxylic acids is 1. The topological polar surface area (TPSA) is 61.5 Å². The van der Waals surface area contributed by atoms with Crippen molar-refractivity contribution in [2.45, 2.75) is 32.1 Å². The highest BCUT2D eigenvalue weighted by molar-refractivity contribution is 5.73. The molecular weight excluding hydrogens is 254 g/mol. The second-order valence-electron chi connectivity index (χ2n) is 5.56. The Morgan fingerprint density at radius 2 is 2.00 bits per heavy atom. The van der Waals surface area contributed by atoms with Crippen molar-refractivity contribution in [3.05, 3.63) is 29.8 Å². The number of hydrogen-bond donors (Lipinski definition) is 1. The number of esters is 1. The normalized spacial score (nSPS) is 16.9. The van der Waals surface area contributed by atoms with Crippen molar-refractivity contribution in [2.24, 2.45) is 11.1 Å². The number of benzene rings is 1. The van der Waals surface area contributed by atoms with Crippen LogP contribution in [0.25, 0.3) is 0 Å². The Morgan fingerprint density at radius 1 is 1.30 bits per heavy atom. The van der Waals surface area contributed by atoms with Crippen LogP contribution in [0, 0.1) is 5.41 Å². The van der Waals surface area contributed by atoms with Crippen LogP contribution in [0.2, 0.25) is 0 Å². The molecule has 1 aliphatic rings. The third-order valence-corrected chi connectivity index (χ3v) is 4.17. The van der Waals surface area contributed by atoms with Gasteiger partial charge in [-0.2, -0.15) is 0 Å². The van der Waals surface area contributed by atoms with Crippen molar-refractivity contribution in [1.82, 2.24) is 0 Å². The van der Waals surface area contributed by atoms with Crippen molar-refractivity contribution in [1.29, 1.82) is 0 Å². The van der Waals surface area contributed by atoms with Crippen molar-refractivity contribution in [2.75, 3.05) is 20.3 Å². The Bertz CT molecular complexity index is 453. The van der Waals surface area contributed by atoms with Crippen molar-refractivity contribution >= 4 is 5.97 Å². The van der Waals surface area contributed by atoms with Crippen molar-refractivity contribution in [3.8, 4) is 5.75 Å². The molecule has 2 rings (SSSR count). The zero-order valence-electron chi connectivity index (χ0n) is 12.1. The molecule has 110 valence electrons. The number of para-hydroxylation sites is 1. The van der Waals surface area contributed by atoms with E-state index in [0.29, 0.717) is 13.2 Å². The van der Waals surface area contributed by atoms with Crippen LogP contribution in [0.4, 0.5) is 0 Å². The Balaban J connectivity index is 2.03. The summed E-state index contributed by atoms with van der Waals surface area (Å²) < 4.78 is 10.7. The number of ether oxygens (including phenoxy) is 2. The summed E-state index contributed by atoms with van der Waals surface area (Å²) in [6.07, 6.45) is 4.95. The summed E-state index contributed by atoms with van der Waals surface area (Å²) in [4.78, 5) is 11.4. The molecule has 0 bridgehead atoms. The molecule has 1 aromatic carbocycles. The standard InChI is InChI=1S/C16H23NO3/c1-19-15(18)10-13-6-2-3-7-14(13)20-12-16(11-17)8-4-5-9-16/h2-3,6-7H,4-5,8-12,17H2,1H3. The number of carbonyl (C=O) groups is 1. The minimum Gasteiger partial charge on any atom is -0.493 e. The number of hydrogen-bond acceptors (Lipinski definition) is 4. The van der Waals surface area contributed by atoms with Gasteiger partial charge in [0.15, 0.2) is 0 Å². The fourth-order valence-electron chi connectivity index (χ4n) is 2.78. The van der Waals surface area contributed by atoms with Gasteiger partial charge < -0.3 is 15.2 Å². The highest BCUT2D eigenvalue weighted by Gasteiger charge is 2.33. The molecule has 1 saturated carbocycles. The summed E-state index contributed by atoms with van der Waals surface area (Å²) in [7, 11) is 1.40. The highest BCUT2D eigenvalue weighted by Crippen LogP contribution is 2.37. The molecule has 0 aromatic heterocycles. The highest BCUT2D eigenvalue weighted by atomic mass is 16.5. The van der Waals surface area contributed by atoms with Crippen LogP contribution < -0.4 is 10.5 Å². The molecule has 0 radical (unpaired) electrons. The first-order valence-corrected chi connectivity index (χ1v) is 7.17. The fraction of sp³-hybridized carbons (Fsp3) is 0.562. The van der Waals surface area contributed by atoms with E-state index in [1.165, 1.54) is 20.0 Å². The Morgan fingerprint density at radius 3 is 2.65 bits per heavy atom. The zero-order chi connectivity index (χ0) is 14.4. The molecule has 0 heterocycles. The van der Waals surface area contributed by atoms with Gasteiger partial charge in [-0.15, -0.1) is 0 Å². The average molecular weight is 277 g/mol. The van der Waals surface area contributed by atoms with E-state index in [2.05, 4.69) is 0 Å². The first-order valence-electron chi connectivity index (χ1n) is 7.17. The molecule has 4 nitrogen and oxygen atoms in total.